The second kappa shape index (κ2) is 9.35. The molecule has 1 heteroatoms. The number of ether oxygens (including phenoxy) is 1. The lowest BCUT2D eigenvalue weighted by atomic mass is 9.57. The van der Waals surface area contributed by atoms with E-state index in [4.69, 9.17) is 4.74 Å². The fourth-order valence-corrected chi connectivity index (χ4v) is 7.30. The minimum Gasteiger partial charge on any atom is -0.473 e. The SMILES string of the molecule is C1=CC2(Oc3ccc4ccccc4c31)c1ccccc1C(Cc1ccccc1)(Cc1ccccc1)c1ccccc12. The predicted molar refractivity (Wildman–Crippen MR) is 168 cm³/mol. The minimum absolute atomic E-state index is 0.262. The Morgan fingerprint density at radius 1 is 0.463 bits per heavy atom. The molecule has 0 N–H and O–H groups in total. The van der Waals surface area contributed by atoms with Crippen LogP contribution in [0.15, 0.2) is 152 Å². The quantitative estimate of drug-likeness (QED) is 0.222. The van der Waals surface area contributed by atoms with Crippen molar-refractivity contribution in [1.82, 2.24) is 0 Å². The lowest BCUT2D eigenvalue weighted by Gasteiger charge is -2.49. The highest BCUT2D eigenvalue weighted by molar-refractivity contribution is 5.94. The van der Waals surface area contributed by atoms with Gasteiger partial charge >= 0.3 is 0 Å². The zero-order valence-electron chi connectivity index (χ0n) is 22.8. The van der Waals surface area contributed by atoms with Gasteiger partial charge in [0.1, 0.15) is 5.75 Å². The number of hydrogen-bond acceptors (Lipinski definition) is 1. The fourth-order valence-electron chi connectivity index (χ4n) is 7.30. The standard InChI is InChI=1S/C40H30O/c1-3-13-29(14-4-1)27-39(28-30-15-5-2-6-16-30)34-19-9-11-21-36(34)40(37-22-12-10-20-35(37)39)26-25-33-32-18-8-7-17-31(32)23-24-38(33)41-40/h1-26H,27-28H2. The molecule has 0 amide bonds. The molecule has 0 atom stereocenters. The molecule has 41 heavy (non-hydrogen) atoms. The van der Waals surface area contributed by atoms with Crippen molar-refractivity contribution in [1.29, 1.82) is 0 Å². The van der Waals surface area contributed by atoms with Gasteiger partial charge in [0.15, 0.2) is 5.60 Å². The van der Waals surface area contributed by atoms with Crippen LogP contribution in [-0.4, -0.2) is 0 Å². The predicted octanol–water partition coefficient (Wildman–Crippen LogP) is 9.27. The van der Waals surface area contributed by atoms with Gasteiger partial charge in [-0.15, -0.1) is 0 Å². The van der Waals surface area contributed by atoms with Gasteiger partial charge in [-0.3, -0.25) is 0 Å². The first kappa shape index (κ1) is 24.0. The second-order valence-corrected chi connectivity index (χ2v) is 11.4. The van der Waals surface area contributed by atoms with Crippen LogP contribution in [0.2, 0.25) is 0 Å². The van der Waals surface area contributed by atoms with E-state index in [1.54, 1.807) is 0 Å². The highest BCUT2D eigenvalue weighted by Crippen LogP contribution is 2.55. The van der Waals surface area contributed by atoms with Crippen LogP contribution in [0.25, 0.3) is 16.8 Å². The molecule has 0 unspecified atom stereocenters. The Morgan fingerprint density at radius 2 is 0.976 bits per heavy atom. The summed E-state index contributed by atoms with van der Waals surface area (Å²) >= 11 is 0. The highest BCUT2D eigenvalue weighted by Gasteiger charge is 2.51. The number of rotatable bonds is 4. The van der Waals surface area contributed by atoms with Crippen molar-refractivity contribution in [3.63, 3.8) is 0 Å². The average Bonchev–Trinajstić information content (AvgIpc) is 3.04. The summed E-state index contributed by atoms with van der Waals surface area (Å²) < 4.78 is 7.23. The summed E-state index contributed by atoms with van der Waals surface area (Å²) in [5.74, 6) is 0.925. The van der Waals surface area contributed by atoms with Crippen LogP contribution < -0.4 is 4.74 Å². The molecule has 0 radical (unpaired) electrons. The van der Waals surface area contributed by atoms with Crippen LogP contribution >= 0.6 is 0 Å². The van der Waals surface area contributed by atoms with Crippen molar-refractivity contribution >= 4 is 16.8 Å². The molecule has 0 aromatic heterocycles. The third-order valence-corrected chi connectivity index (χ3v) is 9.07. The van der Waals surface area contributed by atoms with Crippen LogP contribution in [0.3, 0.4) is 0 Å². The third kappa shape index (κ3) is 3.69. The van der Waals surface area contributed by atoms with Crippen LogP contribution in [0.1, 0.15) is 38.9 Å². The summed E-state index contributed by atoms with van der Waals surface area (Å²) in [7, 11) is 0. The minimum atomic E-state index is -0.709. The van der Waals surface area contributed by atoms with Gasteiger partial charge in [-0.2, -0.15) is 0 Å². The van der Waals surface area contributed by atoms with Gasteiger partial charge in [0, 0.05) is 22.1 Å². The van der Waals surface area contributed by atoms with E-state index in [1.165, 1.54) is 44.2 Å². The molecule has 2 aliphatic rings. The van der Waals surface area contributed by atoms with E-state index in [9.17, 15) is 0 Å². The molecule has 8 rings (SSSR count). The van der Waals surface area contributed by atoms with Gasteiger partial charge in [0.2, 0.25) is 0 Å². The van der Waals surface area contributed by atoms with E-state index in [0.29, 0.717) is 0 Å². The zero-order valence-corrected chi connectivity index (χ0v) is 22.8. The number of benzene rings is 6. The van der Waals surface area contributed by atoms with Crippen LogP contribution in [-0.2, 0) is 23.9 Å². The van der Waals surface area contributed by atoms with E-state index in [0.717, 1.165) is 24.2 Å². The van der Waals surface area contributed by atoms with Crippen molar-refractivity contribution in [2.75, 3.05) is 0 Å². The Bertz CT molecular complexity index is 1830. The molecule has 0 saturated carbocycles. The Labute approximate surface area is 241 Å². The molecule has 1 heterocycles. The maximum Gasteiger partial charge on any atom is 0.178 e. The Kier molecular flexibility index (Phi) is 5.47. The summed E-state index contributed by atoms with van der Waals surface area (Å²) in [6, 6.07) is 52.7. The van der Waals surface area contributed by atoms with Crippen molar-refractivity contribution in [3.8, 4) is 5.75 Å². The largest absolute Gasteiger partial charge is 0.473 e. The summed E-state index contributed by atoms with van der Waals surface area (Å²) in [4.78, 5) is 0. The first-order chi connectivity index (χ1) is 20.3. The second-order valence-electron chi connectivity index (χ2n) is 11.4. The Morgan fingerprint density at radius 3 is 1.59 bits per heavy atom. The molecule has 1 spiro atoms. The summed E-state index contributed by atoms with van der Waals surface area (Å²) in [5.41, 5.74) is 7.96. The molecule has 6 aromatic carbocycles. The van der Waals surface area contributed by atoms with E-state index < -0.39 is 5.60 Å². The normalized spacial score (nSPS) is 15.5. The lowest BCUT2D eigenvalue weighted by Crippen LogP contribution is -2.47. The van der Waals surface area contributed by atoms with Crippen molar-refractivity contribution in [2.24, 2.45) is 0 Å². The molecule has 1 nitrogen and oxygen atoms in total. The van der Waals surface area contributed by atoms with E-state index in [1.807, 2.05) is 0 Å². The smallest absolute Gasteiger partial charge is 0.178 e. The molecule has 1 aliphatic carbocycles. The highest BCUT2D eigenvalue weighted by atomic mass is 16.5. The number of hydrogen-bond donors (Lipinski definition) is 0. The average molecular weight is 527 g/mol. The van der Waals surface area contributed by atoms with E-state index in [-0.39, 0.29) is 5.41 Å². The fraction of sp³-hybridized carbons (Fsp3) is 0.100. The van der Waals surface area contributed by atoms with E-state index in [2.05, 4.69) is 158 Å². The molecule has 6 aromatic rings. The van der Waals surface area contributed by atoms with Gasteiger partial charge in [-0.05, 0) is 64.1 Å². The third-order valence-electron chi connectivity index (χ3n) is 9.07. The zero-order chi connectivity index (χ0) is 27.3. The van der Waals surface area contributed by atoms with Gasteiger partial charge in [-0.25, -0.2) is 0 Å². The van der Waals surface area contributed by atoms with Crippen molar-refractivity contribution < 1.29 is 4.74 Å². The first-order valence-corrected chi connectivity index (χ1v) is 14.4. The topological polar surface area (TPSA) is 9.23 Å². The monoisotopic (exact) mass is 526 g/mol. The maximum atomic E-state index is 7.23. The number of fused-ring (bicyclic) bond motifs is 7. The van der Waals surface area contributed by atoms with Crippen LogP contribution in [0, 0.1) is 0 Å². The Balaban J connectivity index is 1.39. The van der Waals surface area contributed by atoms with Crippen molar-refractivity contribution in [2.45, 2.75) is 23.9 Å². The lowest BCUT2D eigenvalue weighted by molar-refractivity contribution is 0.150. The van der Waals surface area contributed by atoms with Gasteiger partial charge in [0.05, 0.1) is 0 Å². The Hall–Kier alpha value is -4.88. The molecular weight excluding hydrogens is 496 g/mol. The molecular formula is C40H30O. The summed E-state index contributed by atoms with van der Waals surface area (Å²) in [5, 5.41) is 2.45. The van der Waals surface area contributed by atoms with Gasteiger partial charge in [-0.1, -0.05) is 140 Å². The summed E-state index contributed by atoms with van der Waals surface area (Å²) in [6.07, 6.45) is 6.39. The molecule has 1 aliphatic heterocycles. The molecule has 0 fully saturated rings. The van der Waals surface area contributed by atoms with E-state index >= 15 is 0 Å². The molecule has 0 saturated heterocycles. The van der Waals surface area contributed by atoms with Gasteiger partial charge < -0.3 is 4.74 Å². The molecule has 196 valence electrons. The summed E-state index contributed by atoms with van der Waals surface area (Å²) in [6.45, 7) is 0. The maximum absolute atomic E-state index is 7.23. The molecule has 0 bridgehead atoms. The first-order valence-electron chi connectivity index (χ1n) is 14.4. The van der Waals surface area contributed by atoms with Crippen molar-refractivity contribution in [3.05, 3.63) is 191 Å². The van der Waals surface area contributed by atoms with Gasteiger partial charge in [0.25, 0.3) is 0 Å². The van der Waals surface area contributed by atoms with Crippen LogP contribution in [0.4, 0.5) is 0 Å². The van der Waals surface area contributed by atoms with Crippen LogP contribution in [0.5, 0.6) is 5.75 Å².